The average Bonchev–Trinajstić information content (AvgIpc) is 2.71. The Hall–Kier alpha value is -2.27. The lowest BCUT2D eigenvalue weighted by Crippen LogP contribution is -2.38. The zero-order chi connectivity index (χ0) is 22.1. The maximum atomic E-state index is 11.5. The summed E-state index contributed by atoms with van der Waals surface area (Å²) in [5.74, 6) is 5.61. The molecule has 2 rings (SSSR count). The number of carbonyl (C=O) groups is 1. The van der Waals surface area contributed by atoms with Crippen LogP contribution in [0.15, 0.2) is 30.5 Å². The van der Waals surface area contributed by atoms with Gasteiger partial charge in [0.1, 0.15) is 6.54 Å². The van der Waals surface area contributed by atoms with E-state index in [2.05, 4.69) is 26.5 Å². The first-order chi connectivity index (χ1) is 13.5. The summed E-state index contributed by atoms with van der Waals surface area (Å²) >= 11 is 0. The standard InChI is InChI=1S/C16H21N3O2.C3H8.2C2H6/c1-3-11-5-7-13-12(9-11)6-8-14(16(13)17)19(18)10-15(20)21-4-2;1-3-2;2*1-2/h3,5,7,9H,1,4,6,8,10,17-18H2,2H3;3H2,1-2H3;2*1-2H3. The molecule has 4 N–H and O–H groups in total. The molecule has 0 heterocycles. The largest absolute Gasteiger partial charge is 0.465 e. The lowest BCUT2D eigenvalue weighted by molar-refractivity contribution is -0.144. The van der Waals surface area contributed by atoms with E-state index >= 15 is 0 Å². The first kappa shape index (κ1) is 27.9. The highest BCUT2D eigenvalue weighted by atomic mass is 16.5. The van der Waals surface area contributed by atoms with Crippen molar-refractivity contribution in [3.8, 4) is 0 Å². The number of carbonyl (C=O) groups excluding carboxylic acids is 1. The number of rotatable bonds is 5. The van der Waals surface area contributed by atoms with Crippen molar-refractivity contribution in [3.63, 3.8) is 0 Å². The molecule has 0 atom stereocenters. The SMILES string of the molecule is C=Cc1ccc2c(c1)CCC(N(N)CC(=O)OCC)=C2N.CC.CC.CCC. The van der Waals surface area contributed by atoms with Crippen LogP contribution in [0, 0.1) is 0 Å². The van der Waals surface area contributed by atoms with Crippen molar-refractivity contribution in [1.82, 2.24) is 5.01 Å². The molecule has 0 aliphatic heterocycles. The Morgan fingerprint density at radius 3 is 2.25 bits per heavy atom. The van der Waals surface area contributed by atoms with E-state index in [0.717, 1.165) is 23.2 Å². The van der Waals surface area contributed by atoms with Gasteiger partial charge >= 0.3 is 5.97 Å². The Morgan fingerprint density at radius 2 is 1.75 bits per heavy atom. The molecule has 1 aliphatic rings. The summed E-state index contributed by atoms with van der Waals surface area (Å²) in [5, 5.41) is 1.39. The minimum absolute atomic E-state index is 0.00392. The lowest BCUT2D eigenvalue weighted by atomic mass is 9.91. The highest BCUT2D eigenvalue weighted by molar-refractivity contribution is 5.74. The van der Waals surface area contributed by atoms with Crippen LogP contribution in [-0.2, 0) is 16.0 Å². The summed E-state index contributed by atoms with van der Waals surface area (Å²) in [7, 11) is 0. The van der Waals surface area contributed by atoms with Gasteiger partial charge in [0.2, 0.25) is 0 Å². The zero-order valence-electron chi connectivity index (χ0n) is 19.0. The zero-order valence-corrected chi connectivity index (χ0v) is 19.0. The Bertz CT molecular complexity index is 610. The average molecular weight is 392 g/mol. The van der Waals surface area contributed by atoms with E-state index in [-0.39, 0.29) is 12.5 Å². The monoisotopic (exact) mass is 391 g/mol. The molecule has 28 heavy (non-hydrogen) atoms. The molecule has 0 spiro atoms. The number of benzene rings is 1. The van der Waals surface area contributed by atoms with E-state index in [4.69, 9.17) is 16.3 Å². The van der Waals surface area contributed by atoms with Gasteiger partial charge in [-0.15, -0.1) is 0 Å². The van der Waals surface area contributed by atoms with Crippen LogP contribution in [0.2, 0.25) is 0 Å². The Balaban J connectivity index is 0. The van der Waals surface area contributed by atoms with E-state index in [9.17, 15) is 4.79 Å². The number of esters is 1. The third-order valence-electron chi connectivity index (χ3n) is 3.55. The van der Waals surface area contributed by atoms with Gasteiger partial charge < -0.3 is 15.5 Å². The number of nitrogens with two attached hydrogens (primary N) is 2. The maximum Gasteiger partial charge on any atom is 0.327 e. The number of hydrogen-bond donors (Lipinski definition) is 2. The molecule has 0 unspecified atom stereocenters. The first-order valence-electron chi connectivity index (χ1n) is 10.4. The quantitative estimate of drug-likeness (QED) is 0.414. The third-order valence-corrected chi connectivity index (χ3v) is 3.55. The topological polar surface area (TPSA) is 81.6 Å². The number of hydrazine groups is 1. The molecule has 1 aromatic rings. The number of fused-ring (bicyclic) bond motifs is 1. The van der Waals surface area contributed by atoms with Gasteiger partial charge in [-0.25, -0.2) is 5.84 Å². The summed E-state index contributed by atoms with van der Waals surface area (Å²) in [6.07, 6.45) is 4.60. The molecule has 5 nitrogen and oxygen atoms in total. The van der Waals surface area contributed by atoms with Crippen LogP contribution in [0.4, 0.5) is 0 Å². The Kier molecular flexibility index (Phi) is 16.8. The smallest absolute Gasteiger partial charge is 0.327 e. The second kappa shape index (κ2) is 16.9. The van der Waals surface area contributed by atoms with Gasteiger partial charge in [-0.3, -0.25) is 4.79 Å². The molecule has 0 saturated heterocycles. The number of allylic oxidation sites excluding steroid dienone is 1. The van der Waals surface area contributed by atoms with E-state index < -0.39 is 0 Å². The van der Waals surface area contributed by atoms with Gasteiger partial charge in [-0.2, -0.15) is 0 Å². The van der Waals surface area contributed by atoms with Gasteiger partial charge in [-0.1, -0.05) is 78.8 Å². The Labute approximate surface area is 172 Å². The molecular weight excluding hydrogens is 350 g/mol. The van der Waals surface area contributed by atoms with Crippen LogP contribution in [0.3, 0.4) is 0 Å². The van der Waals surface area contributed by atoms with Crippen molar-refractivity contribution in [2.45, 2.75) is 67.7 Å². The van der Waals surface area contributed by atoms with Gasteiger partial charge in [0, 0.05) is 5.56 Å². The Morgan fingerprint density at radius 1 is 1.18 bits per heavy atom. The van der Waals surface area contributed by atoms with Crippen molar-refractivity contribution in [2.75, 3.05) is 13.2 Å². The molecule has 1 aromatic carbocycles. The van der Waals surface area contributed by atoms with Crippen molar-refractivity contribution < 1.29 is 9.53 Å². The summed E-state index contributed by atoms with van der Waals surface area (Å²) in [4.78, 5) is 11.5. The lowest BCUT2D eigenvalue weighted by Gasteiger charge is -2.28. The fraction of sp³-hybridized carbons (Fsp3) is 0.522. The van der Waals surface area contributed by atoms with Gasteiger partial charge in [-0.05, 0) is 30.9 Å². The predicted octanol–water partition coefficient (Wildman–Crippen LogP) is 5.11. The molecule has 1 aliphatic carbocycles. The molecule has 0 fully saturated rings. The number of hydrogen-bond acceptors (Lipinski definition) is 5. The van der Waals surface area contributed by atoms with Crippen LogP contribution < -0.4 is 11.6 Å². The van der Waals surface area contributed by atoms with E-state index in [1.54, 1.807) is 6.92 Å². The molecule has 0 saturated carbocycles. The predicted molar refractivity (Wildman–Crippen MR) is 122 cm³/mol. The fourth-order valence-corrected chi connectivity index (χ4v) is 2.49. The van der Waals surface area contributed by atoms with Crippen LogP contribution in [0.1, 0.15) is 78.0 Å². The highest BCUT2D eigenvalue weighted by Gasteiger charge is 2.21. The minimum Gasteiger partial charge on any atom is -0.465 e. The first-order valence-corrected chi connectivity index (χ1v) is 10.4. The molecular formula is C23H41N3O2. The third kappa shape index (κ3) is 9.09. The summed E-state index contributed by atoms with van der Waals surface area (Å²) in [6, 6.07) is 6.02. The summed E-state index contributed by atoms with van der Waals surface area (Å²) in [5.41, 5.74) is 10.8. The molecule has 5 heteroatoms. The minimum atomic E-state index is -0.354. The molecule has 0 amide bonds. The molecule has 0 aromatic heterocycles. The van der Waals surface area contributed by atoms with Gasteiger partial charge in [0.25, 0.3) is 0 Å². The highest BCUT2D eigenvalue weighted by Crippen LogP contribution is 2.29. The van der Waals surface area contributed by atoms with Crippen molar-refractivity contribution in [3.05, 3.63) is 47.2 Å². The van der Waals surface area contributed by atoms with Gasteiger partial charge in [0.05, 0.1) is 18.0 Å². The van der Waals surface area contributed by atoms with Crippen molar-refractivity contribution in [1.29, 1.82) is 0 Å². The maximum absolute atomic E-state index is 11.5. The van der Waals surface area contributed by atoms with Crippen molar-refractivity contribution >= 4 is 17.7 Å². The summed E-state index contributed by atoms with van der Waals surface area (Å²) < 4.78 is 4.90. The van der Waals surface area contributed by atoms with E-state index in [0.29, 0.717) is 18.7 Å². The molecule has 0 radical (unpaired) electrons. The van der Waals surface area contributed by atoms with Crippen LogP contribution in [0.25, 0.3) is 11.8 Å². The molecule has 0 bridgehead atoms. The second-order valence-electron chi connectivity index (χ2n) is 5.62. The normalized spacial score (nSPS) is 11.3. The number of aryl methyl sites for hydroxylation is 1. The number of nitrogens with zero attached hydrogens (tertiary/aromatic N) is 1. The van der Waals surface area contributed by atoms with Crippen molar-refractivity contribution in [2.24, 2.45) is 11.6 Å². The van der Waals surface area contributed by atoms with E-state index in [1.165, 1.54) is 17.0 Å². The second-order valence-corrected chi connectivity index (χ2v) is 5.62. The molecule has 160 valence electrons. The summed E-state index contributed by atoms with van der Waals surface area (Å²) in [6.45, 7) is 18.1. The van der Waals surface area contributed by atoms with Crippen LogP contribution >= 0.6 is 0 Å². The van der Waals surface area contributed by atoms with Gasteiger partial charge in [0.15, 0.2) is 0 Å². The number of ether oxygens (including phenoxy) is 1. The van der Waals surface area contributed by atoms with E-state index in [1.807, 2.05) is 45.9 Å². The van der Waals surface area contributed by atoms with Crippen LogP contribution in [0.5, 0.6) is 0 Å². The van der Waals surface area contributed by atoms with Crippen LogP contribution in [-0.4, -0.2) is 24.1 Å². The fourth-order valence-electron chi connectivity index (χ4n) is 2.49.